The molecule has 19 heavy (non-hydrogen) atoms. The predicted octanol–water partition coefficient (Wildman–Crippen LogP) is 0.533. The summed E-state index contributed by atoms with van der Waals surface area (Å²) in [6, 6.07) is 6.91. The van der Waals surface area contributed by atoms with E-state index >= 15 is 0 Å². The molecule has 2 aromatic rings. The minimum absolute atomic E-state index is 0.0614. The lowest BCUT2D eigenvalue weighted by molar-refractivity contribution is 0.0996. The first kappa shape index (κ1) is 12.9. The summed E-state index contributed by atoms with van der Waals surface area (Å²) < 4.78 is 1.30. The van der Waals surface area contributed by atoms with Crippen LogP contribution in [0.15, 0.2) is 18.2 Å². The number of hydrogen-bond acceptors (Lipinski definition) is 5. The number of nitrogens with zero attached hydrogens (tertiary/aromatic N) is 4. The van der Waals surface area contributed by atoms with Gasteiger partial charge in [0.1, 0.15) is 0 Å². The third-order valence-corrected chi connectivity index (χ3v) is 2.75. The molecule has 0 radical (unpaired) electrons. The molecule has 1 amide bonds. The van der Waals surface area contributed by atoms with E-state index in [-0.39, 0.29) is 18.1 Å². The van der Waals surface area contributed by atoms with Gasteiger partial charge in [0.2, 0.25) is 0 Å². The second-order valence-corrected chi connectivity index (χ2v) is 4.19. The van der Waals surface area contributed by atoms with Crippen molar-refractivity contribution >= 4 is 23.3 Å². The number of primary amides is 1. The third kappa shape index (κ3) is 2.48. The van der Waals surface area contributed by atoms with Gasteiger partial charge in [-0.1, -0.05) is 22.9 Å². The van der Waals surface area contributed by atoms with Gasteiger partial charge in [0.05, 0.1) is 18.2 Å². The van der Waals surface area contributed by atoms with Crippen LogP contribution in [-0.4, -0.2) is 20.9 Å². The molecule has 4 N–H and O–H groups in total. The van der Waals surface area contributed by atoms with E-state index in [4.69, 9.17) is 28.3 Å². The van der Waals surface area contributed by atoms with Crippen molar-refractivity contribution in [3.05, 3.63) is 40.0 Å². The van der Waals surface area contributed by atoms with Crippen molar-refractivity contribution in [1.29, 1.82) is 5.26 Å². The molecular formula is C11H9ClN6O. The van der Waals surface area contributed by atoms with Crippen molar-refractivity contribution in [1.82, 2.24) is 15.0 Å². The highest BCUT2D eigenvalue weighted by atomic mass is 35.5. The van der Waals surface area contributed by atoms with Crippen molar-refractivity contribution in [2.24, 2.45) is 5.73 Å². The van der Waals surface area contributed by atoms with E-state index in [1.165, 1.54) is 4.68 Å². The summed E-state index contributed by atoms with van der Waals surface area (Å²) in [5, 5.41) is 16.8. The minimum Gasteiger partial charge on any atom is -0.382 e. The largest absolute Gasteiger partial charge is 0.382 e. The molecule has 0 saturated heterocycles. The molecule has 0 bridgehead atoms. The van der Waals surface area contributed by atoms with Crippen molar-refractivity contribution in [2.75, 3.05) is 5.73 Å². The molecular weight excluding hydrogens is 268 g/mol. The van der Waals surface area contributed by atoms with Gasteiger partial charge in [-0.25, -0.2) is 4.68 Å². The molecule has 1 aromatic heterocycles. The quantitative estimate of drug-likeness (QED) is 0.846. The van der Waals surface area contributed by atoms with Crippen LogP contribution >= 0.6 is 11.6 Å². The lowest BCUT2D eigenvalue weighted by Gasteiger charge is -2.05. The Hall–Kier alpha value is -2.59. The first-order valence-electron chi connectivity index (χ1n) is 5.20. The molecule has 7 nitrogen and oxygen atoms in total. The Labute approximate surface area is 113 Å². The zero-order chi connectivity index (χ0) is 14.0. The molecule has 0 aliphatic heterocycles. The summed E-state index contributed by atoms with van der Waals surface area (Å²) in [5.41, 5.74) is 11.8. The molecule has 0 spiro atoms. The number of nitrogen functional groups attached to an aromatic ring is 1. The maximum atomic E-state index is 11.0. The van der Waals surface area contributed by atoms with Crippen LogP contribution in [0.25, 0.3) is 0 Å². The summed E-state index contributed by atoms with van der Waals surface area (Å²) in [7, 11) is 0. The van der Waals surface area contributed by atoms with Crippen LogP contribution in [-0.2, 0) is 6.54 Å². The normalized spacial score (nSPS) is 10.1. The molecule has 2 rings (SSSR count). The number of halogens is 1. The fourth-order valence-electron chi connectivity index (χ4n) is 1.56. The second kappa shape index (κ2) is 4.96. The number of benzene rings is 1. The Kier molecular flexibility index (Phi) is 3.35. The van der Waals surface area contributed by atoms with Crippen LogP contribution < -0.4 is 11.5 Å². The highest BCUT2D eigenvalue weighted by Crippen LogP contribution is 2.17. The SMILES string of the molecule is N#Cc1cc(Cl)ccc1Cn1nnc(C(N)=O)c1N. The van der Waals surface area contributed by atoms with E-state index in [0.717, 1.165) is 0 Å². The standard InChI is InChI=1S/C11H9ClN6O/c12-8-2-1-6(7(3-8)4-13)5-18-10(14)9(11(15)19)16-17-18/h1-3H,5,14H2,(H2,15,19). The van der Waals surface area contributed by atoms with E-state index in [9.17, 15) is 4.79 Å². The van der Waals surface area contributed by atoms with Crippen LogP contribution in [0.3, 0.4) is 0 Å². The fourth-order valence-corrected chi connectivity index (χ4v) is 1.74. The average molecular weight is 277 g/mol. The summed E-state index contributed by atoms with van der Waals surface area (Å²) in [6.07, 6.45) is 0. The highest BCUT2D eigenvalue weighted by molar-refractivity contribution is 6.30. The number of hydrogen-bond donors (Lipinski definition) is 2. The Morgan fingerprint density at radius 3 is 2.84 bits per heavy atom. The Balaban J connectivity index is 2.37. The number of amides is 1. The molecule has 0 aliphatic carbocycles. The van der Waals surface area contributed by atoms with E-state index in [1.54, 1.807) is 18.2 Å². The van der Waals surface area contributed by atoms with Gasteiger partial charge >= 0.3 is 0 Å². The predicted molar refractivity (Wildman–Crippen MR) is 68.2 cm³/mol. The first-order valence-corrected chi connectivity index (χ1v) is 5.58. The number of carbonyl (C=O) groups excluding carboxylic acids is 1. The van der Waals surface area contributed by atoms with E-state index in [0.29, 0.717) is 16.1 Å². The highest BCUT2D eigenvalue weighted by Gasteiger charge is 2.15. The summed E-state index contributed by atoms with van der Waals surface area (Å²) in [4.78, 5) is 11.0. The van der Waals surface area contributed by atoms with Crippen LogP contribution in [0.2, 0.25) is 5.02 Å². The second-order valence-electron chi connectivity index (χ2n) is 3.76. The van der Waals surface area contributed by atoms with Crippen LogP contribution in [0.5, 0.6) is 0 Å². The van der Waals surface area contributed by atoms with Gasteiger partial charge in [-0.05, 0) is 17.7 Å². The number of carbonyl (C=O) groups is 1. The fraction of sp³-hybridized carbons (Fsp3) is 0.0909. The number of anilines is 1. The van der Waals surface area contributed by atoms with Gasteiger partial charge in [-0.15, -0.1) is 5.10 Å². The number of nitrogens with two attached hydrogens (primary N) is 2. The molecule has 0 saturated carbocycles. The van der Waals surface area contributed by atoms with E-state index < -0.39 is 5.91 Å². The number of rotatable bonds is 3. The van der Waals surface area contributed by atoms with E-state index in [2.05, 4.69) is 10.3 Å². The monoisotopic (exact) mass is 276 g/mol. The summed E-state index contributed by atoms with van der Waals surface area (Å²) >= 11 is 5.80. The van der Waals surface area contributed by atoms with Crippen molar-refractivity contribution in [3.63, 3.8) is 0 Å². The smallest absolute Gasteiger partial charge is 0.273 e. The maximum absolute atomic E-state index is 11.0. The Bertz CT molecular complexity index is 687. The molecule has 96 valence electrons. The molecule has 0 aliphatic rings. The Morgan fingerprint density at radius 1 is 1.53 bits per heavy atom. The molecule has 1 heterocycles. The zero-order valence-corrected chi connectivity index (χ0v) is 10.4. The average Bonchev–Trinajstić information content (AvgIpc) is 2.73. The van der Waals surface area contributed by atoms with Crippen LogP contribution in [0, 0.1) is 11.3 Å². The van der Waals surface area contributed by atoms with Crippen molar-refractivity contribution in [3.8, 4) is 6.07 Å². The zero-order valence-electron chi connectivity index (χ0n) is 9.67. The summed E-state index contributed by atoms with van der Waals surface area (Å²) in [6.45, 7) is 0.201. The topological polar surface area (TPSA) is 124 Å². The van der Waals surface area contributed by atoms with Crippen LogP contribution in [0.1, 0.15) is 21.6 Å². The summed E-state index contributed by atoms with van der Waals surface area (Å²) in [5.74, 6) is -0.688. The van der Waals surface area contributed by atoms with Gasteiger partial charge in [-0.3, -0.25) is 4.79 Å². The van der Waals surface area contributed by atoms with Gasteiger partial charge < -0.3 is 11.5 Å². The van der Waals surface area contributed by atoms with E-state index in [1.807, 2.05) is 6.07 Å². The number of aromatic nitrogens is 3. The maximum Gasteiger partial charge on any atom is 0.273 e. The third-order valence-electron chi connectivity index (χ3n) is 2.52. The van der Waals surface area contributed by atoms with Gasteiger partial charge in [0, 0.05) is 5.02 Å². The van der Waals surface area contributed by atoms with Gasteiger partial charge in [0.15, 0.2) is 11.5 Å². The molecule has 0 unspecified atom stereocenters. The van der Waals surface area contributed by atoms with Crippen LogP contribution in [0.4, 0.5) is 5.82 Å². The molecule has 0 atom stereocenters. The molecule has 8 heteroatoms. The molecule has 0 fully saturated rings. The number of nitriles is 1. The van der Waals surface area contributed by atoms with Crippen molar-refractivity contribution in [2.45, 2.75) is 6.54 Å². The lowest BCUT2D eigenvalue weighted by atomic mass is 10.1. The van der Waals surface area contributed by atoms with Crippen molar-refractivity contribution < 1.29 is 4.79 Å². The Morgan fingerprint density at radius 2 is 2.26 bits per heavy atom. The van der Waals surface area contributed by atoms with Gasteiger partial charge in [-0.2, -0.15) is 5.26 Å². The first-order chi connectivity index (χ1) is 9.02. The minimum atomic E-state index is -0.750. The van der Waals surface area contributed by atoms with Gasteiger partial charge in [0.25, 0.3) is 5.91 Å². The molecule has 1 aromatic carbocycles. The lowest BCUT2D eigenvalue weighted by Crippen LogP contribution is -2.15.